The van der Waals surface area contributed by atoms with Gasteiger partial charge in [0.2, 0.25) is 0 Å². The van der Waals surface area contributed by atoms with E-state index in [1.807, 2.05) is 32.9 Å². The van der Waals surface area contributed by atoms with Gasteiger partial charge in [-0.15, -0.1) is 11.3 Å². The molecule has 0 saturated carbocycles. The number of hydrogen-bond donors (Lipinski definition) is 1. The first kappa shape index (κ1) is 15.5. The minimum atomic E-state index is -0.499. The number of amides is 1. The van der Waals surface area contributed by atoms with Crippen LogP contribution in [0.4, 0.5) is 4.79 Å². The average molecular weight is 335 g/mol. The van der Waals surface area contributed by atoms with Gasteiger partial charge in [-0.25, -0.2) is 4.79 Å². The lowest BCUT2D eigenvalue weighted by atomic mass is 10.2. The highest BCUT2D eigenvalue weighted by Crippen LogP contribution is 2.30. The van der Waals surface area contributed by atoms with Crippen LogP contribution in [0.25, 0.3) is 0 Å². The molecular formula is C12H19BrN2O2S. The molecule has 18 heavy (non-hydrogen) atoms. The minimum absolute atomic E-state index is 0.156. The monoisotopic (exact) mass is 334 g/mol. The number of nitrogens with zero attached hydrogens (tertiary/aromatic N) is 1. The number of nitrogens with two attached hydrogens (primary N) is 1. The van der Waals surface area contributed by atoms with E-state index < -0.39 is 5.60 Å². The first-order valence-corrected chi connectivity index (χ1v) is 7.26. The molecule has 1 amide bonds. The summed E-state index contributed by atoms with van der Waals surface area (Å²) in [4.78, 5) is 14.6. The van der Waals surface area contributed by atoms with E-state index in [-0.39, 0.29) is 12.1 Å². The molecule has 6 heteroatoms. The number of carbonyl (C=O) groups excluding carboxylic acids is 1. The largest absolute Gasteiger partial charge is 0.444 e. The summed E-state index contributed by atoms with van der Waals surface area (Å²) in [7, 11) is 1.71. The topological polar surface area (TPSA) is 55.6 Å². The van der Waals surface area contributed by atoms with Gasteiger partial charge >= 0.3 is 6.09 Å². The van der Waals surface area contributed by atoms with Crippen molar-refractivity contribution < 1.29 is 9.53 Å². The molecule has 4 nitrogen and oxygen atoms in total. The molecule has 0 aliphatic carbocycles. The summed E-state index contributed by atoms with van der Waals surface area (Å²) in [5.41, 5.74) is 5.26. The fraction of sp³-hybridized carbons (Fsp3) is 0.583. The molecule has 0 fully saturated rings. The van der Waals surface area contributed by atoms with Crippen molar-refractivity contribution in [2.75, 3.05) is 13.6 Å². The Morgan fingerprint density at radius 1 is 1.56 bits per heavy atom. The zero-order chi connectivity index (χ0) is 13.9. The highest BCUT2D eigenvalue weighted by atomic mass is 79.9. The van der Waals surface area contributed by atoms with Gasteiger partial charge in [0, 0.05) is 18.5 Å². The summed E-state index contributed by atoms with van der Waals surface area (Å²) < 4.78 is 6.36. The van der Waals surface area contributed by atoms with Crippen molar-refractivity contribution in [2.45, 2.75) is 32.4 Å². The first-order chi connectivity index (χ1) is 8.24. The summed E-state index contributed by atoms with van der Waals surface area (Å²) in [6, 6.07) is 3.76. The molecule has 1 rings (SSSR count). The lowest BCUT2D eigenvalue weighted by Gasteiger charge is -2.29. The van der Waals surface area contributed by atoms with Gasteiger partial charge in [-0.1, -0.05) is 0 Å². The minimum Gasteiger partial charge on any atom is -0.444 e. The molecule has 1 aromatic rings. The molecular weight excluding hydrogens is 316 g/mol. The third kappa shape index (κ3) is 4.26. The molecule has 1 heterocycles. The normalized spacial score (nSPS) is 13.2. The Kier molecular flexibility index (Phi) is 5.19. The standard InChI is InChI=1S/C12H19BrN2O2S/c1-12(2,3)17-11(16)15(4)8(7-14)9-5-6-10(13)18-9/h5-6,8H,7,14H2,1-4H3. The maximum Gasteiger partial charge on any atom is 0.410 e. The van der Waals surface area contributed by atoms with Gasteiger partial charge in [0.25, 0.3) is 0 Å². The zero-order valence-corrected chi connectivity index (χ0v) is 13.5. The first-order valence-electron chi connectivity index (χ1n) is 5.65. The molecule has 0 aromatic carbocycles. The summed E-state index contributed by atoms with van der Waals surface area (Å²) in [5, 5.41) is 0. The van der Waals surface area contributed by atoms with Crippen LogP contribution in [0.15, 0.2) is 15.9 Å². The summed E-state index contributed by atoms with van der Waals surface area (Å²) >= 11 is 4.98. The van der Waals surface area contributed by atoms with Crippen molar-refractivity contribution in [3.05, 3.63) is 20.8 Å². The molecule has 1 atom stereocenters. The van der Waals surface area contributed by atoms with Crippen molar-refractivity contribution in [1.29, 1.82) is 0 Å². The number of rotatable bonds is 3. The van der Waals surface area contributed by atoms with Gasteiger partial charge in [-0.3, -0.25) is 0 Å². The van der Waals surface area contributed by atoms with E-state index in [1.165, 1.54) is 0 Å². The highest BCUT2D eigenvalue weighted by Gasteiger charge is 2.26. The van der Waals surface area contributed by atoms with Crippen molar-refractivity contribution in [3.63, 3.8) is 0 Å². The van der Waals surface area contributed by atoms with Crippen LogP contribution < -0.4 is 5.73 Å². The second-order valence-corrected chi connectivity index (χ2v) is 7.48. The van der Waals surface area contributed by atoms with E-state index >= 15 is 0 Å². The van der Waals surface area contributed by atoms with Crippen LogP contribution in [0.1, 0.15) is 31.7 Å². The molecule has 0 spiro atoms. The number of carbonyl (C=O) groups is 1. The predicted octanol–water partition coefficient (Wildman–Crippen LogP) is 3.38. The number of ether oxygens (including phenoxy) is 1. The van der Waals surface area contributed by atoms with Gasteiger partial charge in [0.1, 0.15) is 5.60 Å². The maximum absolute atomic E-state index is 12.0. The van der Waals surface area contributed by atoms with E-state index in [0.717, 1.165) is 8.66 Å². The van der Waals surface area contributed by atoms with Crippen molar-refractivity contribution in [1.82, 2.24) is 4.90 Å². The molecule has 0 radical (unpaired) electrons. The van der Waals surface area contributed by atoms with Gasteiger partial charge in [-0.2, -0.15) is 0 Å². The van der Waals surface area contributed by atoms with Crippen LogP contribution >= 0.6 is 27.3 Å². The Morgan fingerprint density at radius 3 is 2.56 bits per heavy atom. The Labute approximate surface area is 120 Å². The van der Waals surface area contributed by atoms with E-state index in [4.69, 9.17) is 10.5 Å². The molecule has 0 aliphatic heterocycles. The molecule has 0 bridgehead atoms. The fourth-order valence-corrected chi connectivity index (χ4v) is 3.01. The van der Waals surface area contributed by atoms with Crippen molar-refractivity contribution in [3.8, 4) is 0 Å². The molecule has 0 aliphatic rings. The summed E-state index contributed by atoms with van der Waals surface area (Å²) in [5.74, 6) is 0. The summed E-state index contributed by atoms with van der Waals surface area (Å²) in [6.45, 7) is 5.90. The van der Waals surface area contributed by atoms with Gasteiger partial charge in [-0.05, 0) is 48.8 Å². The van der Waals surface area contributed by atoms with Gasteiger partial charge in [0.05, 0.1) is 9.83 Å². The molecule has 2 N–H and O–H groups in total. The quantitative estimate of drug-likeness (QED) is 0.921. The van der Waals surface area contributed by atoms with E-state index in [9.17, 15) is 4.79 Å². The smallest absolute Gasteiger partial charge is 0.410 e. The number of thiophene rings is 1. The molecule has 1 unspecified atom stereocenters. The Balaban J connectivity index is 2.80. The van der Waals surface area contributed by atoms with Crippen LogP contribution in [0, 0.1) is 0 Å². The van der Waals surface area contributed by atoms with Crippen LogP contribution in [-0.2, 0) is 4.74 Å². The fourth-order valence-electron chi connectivity index (χ4n) is 1.43. The molecule has 0 saturated heterocycles. The predicted molar refractivity (Wildman–Crippen MR) is 77.8 cm³/mol. The van der Waals surface area contributed by atoms with Gasteiger partial charge < -0.3 is 15.4 Å². The number of likely N-dealkylation sites (N-methyl/N-ethyl adjacent to an activating group) is 1. The zero-order valence-electron chi connectivity index (χ0n) is 11.1. The second kappa shape index (κ2) is 6.04. The number of hydrogen-bond acceptors (Lipinski definition) is 4. The Hall–Kier alpha value is -0.590. The SMILES string of the molecule is CN(C(=O)OC(C)(C)C)C(CN)c1ccc(Br)s1. The Morgan fingerprint density at radius 2 is 2.17 bits per heavy atom. The second-order valence-electron chi connectivity index (χ2n) is 4.98. The van der Waals surface area contributed by atoms with Crippen LogP contribution in [0.2, 0.25) is 0 Å². The number of halogens is 1. The summed E-state index contributed by atoms with van der Waals surface area (Å²) in [6.07, 6.45) is -0.359. The van der Waals surface area contributed by atoms with Crippen LogP contribution in [-0.4, -0.2) is 30.2 Å². The average Bonchev–Trinajstić information content (AvgIpc) is 2.63. The lowest BCUT2D eigenvalue weighted by molar-refractivity contribution is 0.0228. The van der Waals surface area contributed by atoms with Crippen molar-refractivity contribution in [2.24, 2.45) is 5.73 Å². The third-order valence-corrected chi connectivity index (χ3v) is 4.02. The van der Waals surface area contributed by atoms with Crippen LogP contribution in [0.5, 0.6) is 0 Å². The van der Waals surface area contributed by atoms with Crippen molar-refractivity contribution >= 4 is 33.4 Å². The van der Waals surface area contributed by atoms with E-state index in [0.29, 0.717) is 6.54 Å². The molecule has 1 aromatic heterocycles. The third-order valence-electron chi connectivity index (χ3n) is 2.29. The lowest BCUT2D eigenvalue weighted by Crippen LogP contribution is -2.39. The van der Waals surface area contributed by atoms with Crippen LogP contribution in [0.3, 0.4) is 0 Å². The molecule has 102 valence electrons. The van der Waals surface area contributed by atoms with E-state index in [1.54, 1.807) is 23.3 Å². The Bertz CT molecular complexity index is 414. The van der Waals surface area contributed by atoms with E-state index in [2.05, 4.69) is 15.9 Å². The van der Waals surface area contributed by atoms with Gasteiger partial charge in [0.15, 0.2) is 0 Å². The highest BCUT2D eigenvalue weighted by molar-refractivity contribution is 9.11. The maximum atomic E-state index is 12.0.